The Labute approximate surface area is 180 Å². The van der Waals surface area contributed by atoms with Crippen LogP contribution in [0.2, 0.25) is 0 Å². The van der Waals surface area contributed by atoms with Crippen molar-refractivity contribution in [2.45, 2.75) is 31.4 Å². The lowest BCUT2D eigenvalue weighted by Gasteiger charge is -2.30. The molecule has 2 aromatic carbocycles. The Hall–Kier alpha value is -2.38. The predicted octanol–water partition coefficient (Wildman–Crippen LogP) is 5.04. The van der Waals surface area contributed by atoms with Crippen LogP contribution in [0.1, 0.15) is 41.9 Å². The van der Waals surface area contributed by atoms with Crippen LogP contribution in [0, 0.1) is 5.92 Å². The SMILES string of the molecule is O=C(O)[C@@H]1CCCN(CCOCCC(c2ccccc2)c2cccc(C(F)(F)F)c2)C1. The number of piperidine rings is 1. The van der Waals surface area contributed by atoms with Gasteiger partial charge in [-0.2, -0.15) is 13.2 Å². The van der Waals surface area contributed by atoms with E-state index in [1.807, 2.05) is 30.3 Å². The van der Waals surface area contributed by atoms with Crippen LogP contribution in [0.15, 0.2) is 54.6 Å². The predicted molar refractivity (Wildman–Crippen MR) is 112 cm³/mol. The van der Waals surface area contributed by atoms with E-state index in [9.17, 15) is 23.1 Å². The molecule has 0 amide bonds. The van der Waals surface area contributed by atoms with Crippen LogP contribution in [0.3, 0.4) is 0 Å². The largest absolute Gasteiger partial charge is 0.481 e. The van der Waals surface area contributed by atoms with Crippen LogP contribution in [0.5, 0.6) is 0 Å². The molecule has 0 radical (unpaired) electrons. The van der Waals surface area contributed by atoms with Gasteiger partial charge in [-0.15, -0.1) is 0 Å². The van der Waals surface area contributed by atoms with Gasteiger partial charge in [0, 0.05) is 25.6 Å². The molecule has 4 nitrogen and oxygen atoms in total. The lowest BCUT2D eigenvalue weighted by molar-refractivity contribution is -0.143. The zero-order valence-electron chi connectivity index (χ0n) is 17.4. The van der Waals surface area contributed by atoms with Crippen LogP contribution in [-0.2, 0) is 15.7 Å². The first-order valence-electron chi connectivity index (χ1n) is 10.6. The highest BCUT2D eigenvalue weighted by Gasteiger charge is 2.31. The standard InChI is InChI=1S/C24H28F3NO3/c25-24(26,27)21-10-4-8-19(16-21)22(18-6-2-1-3-7-18)11-14-31-15-13-28-12-5-9-20(17-28)23(29)30/h1-4,6-8,10,16,20,22H,5,9,11-15,17H2,(H,29,30)/t20-,22?/m1/s1. The Bertz CT molecular complexity index is 841. The lowest BCUT2D eigenvalue weighted by Crippen LogP contribution is -2.40. The van der Waals surface area contributed by atoms with Crippen LogP contribution in [0.4, 0.5) is 13.2 Å². The van der Waals surface area contributed by atoms with Crippen LogP contribution < -0.4 is 0 Å². The van der Waals surface area contributed by atoms with E-state index in [0.29, 0.717) is 44.7 Å². The van der Waals surface area contributed by atoms with E-state index in [1.54, 1.807) is 6.07 Å². The normalized spacial score (nSPS) is 18.6. The van der Waals surface area contributed by atoms with Crippen molar-refractivity contribution in [2.24, 2.45) is 5.92 Å². The summed E-state index contributed by atoms with van der Waals surface area (Å²) < 4.78 is 45.3. The topological polar surface area (TPSA) is 49.8 Å². The molecule has 0 saturated carbocycles. The number of nitrogens with zero attached hydrogens (tertiary/aromatic N) is 1. The summed E-state index contributed by atoms with van der Waals surface area (Å²) in [4.78, 5) is 13.3. The third kappa shape index (κ3) is 6.80. The fraction of sp³-hybridized carbons (Fsp3) is 0.458. The maximum absolute atomic E-state index is 13.2. The van der Waals surface area contributed by atoms with Crippen molar-refractivity contribution in [1.82, 2.24) is 4.90 Å². The highest BCUT2D eigenvalue weighted by atomic mass is 19.4. The maximum atomic E-state index is 13.2. The van der Waals surface area contributed by atoms with Gasteiger partial charge in [0.1, 0.15) is 0 Å². The molecule has 168 valence electrons. The van der Waals surface area contributed by atoms with E-state index in [4.69, 9.17) is 4.74 Å². The fourth-order valence-corrected chi connectivity index (χ4v) is 4.10. The molecular weight excluding hydrogens is 407 g/mol. The smallest absolute Gasteiger partial charge is 0.416 e. The highest BCUT2D eigenvalue weighted by molar-refractivity contribution is 5.70. The minimum absolute atomic E-state index is 0.199. The second kappa shape index (κ2) is 10.8. The fourth-order valence-electron chi connectivity index (χ4n) is 4.10. The maximum Gasteiger partial charge on any atom is 0.416 e. The lowest BCUT2D eigenvalue weighted by atomic mass is 9.88. The second-order valence-electron chi connectivity index (χ2n) is 7.97. The third-order valence-corrected chi connectivity index (χ3v) is 5.78. The summed E-state index contributed by atoms with van der Waals surface area (Å²) in [6, 6.07) is 15.0. The van der Waals surface area contributed by atoms with Crippen molar-refractivity contribution in [3.05, 3.63) is 71.3 Å². The number of hydrogen-bond donors (Lipinski definition) is 1. The second-order valence-corrected chi connectivity index (χ2v) is 7.97. The molecule has 0 aliphatic carbocycles. The molecular formula is C24H28F3NO3. The van der Waals surface area contributed by atoms with Gasteiger partial charge in [0.25, 0.3) is 0 Å². The molecule has 3 rings (SSSR count). The molecule has 31 heavy (non-hydrogen) atoms. The van der Waals surface area contributed by atoms with E-state index in [2.05, 4.69) is 4.90 Å². The Morgan fingerprint density at radius 3 is 2.55 bits per heavy atom. The van der Waals surface area contributed by atoms with Crippen molar-refractivity contribution in [2.75, 3.05) is 32.8 Å². The average Bonchev–Trinajstić information content (AvgIpc) is 2.76. The van der Waals surface area contributed by atoms with Crippen LogP contribution >= 0.6 is 0 Å². The minimum Gasteiger partial charge on any atom is -0.481 e. The molecule has 1 aliphatic rings. The Morgan fingerprint density at radius 2 is 1.84 bits per heavy atom. The molecule has 0 spiro atoms. The molecule has 0 bridgehead atoms. The number of likely N-dealkylation sites (tertiary alicyclic amines) is 1. The molecule has 1 N–H and O–H groups in total. The zero-order valence-corrected chi connectivity index (χ0v) is 17.4. The monoisotopic (exact) mass is 435 g/mol. The summed E-state index contributed by atoms with van der Waals surface area (Å²) in [7, 11) is 0. The summed E-state index contributed by atoms with van der Waals surface area (Å²) in [5, 5.41) is 9.18. The molecule has 2 aromatic rings. The Balaban J connectivity index is 1.57. The average molecular weight is 435 g/mol. The van der Waals surface area contributed by atoms with Gasteiger partial charge >= 0.3 is 12.1 Å². The number of halogens is 3. The number of rotatable bonds is 9. The van der Waals surface area contributed by atoms with Gasteiger partial charge in [-0.3, -0.25) is 4.79 Å². The zero-order chi connectivity index (χ0) is 22.3. The van der Waals surface area contributed by atoms with Crippen molar-refractivity contribution < 1.29 is 27.8 Å². The van der Waals surface area contributed by atoms with Gasteiger partial charge in [0.2, 0.25) is 0 Å². The number of alkyl halides is 3. The summed E-state index contributed by atoms with van der Waals surface area (Å²) in [6.45, 7) is 2.94. The van der Waals surface area contributed by atoms with Crippen molar-refractivity contribution >= 4 is 5.97 Å². The molecule has 1 aliphatic heterocycles. The van der Waals surface area contributed by atoms with Crippen molar-refractivity contribution in [3.8, 4) is 0 Å². The molecule has 1 unspecified atom stereocenters. The van der Waals surface area contributed by atoms with E-state index in [-0.39, 0.29) is 11.8 Å². The first kappa shape index (κ1) is 23.3. The van der Waals surface area contributed by atoms with Gasteiger partial charge in [-0.1, -0.05) is 48.5 Å². The van der Waals surface area contributed by atoms with Crippen molar-refractivity contribution in [3.63, 3.8) is 0 Å². The van der Waals surface area contributed by atoms with Crippen LogP contribution in [-0.4, -0.2) is 48.8 Å². The van der Waals surface area contributed by atoms with Crippen molar-refractivity contribution in [1.29, 1.82) is 0 Å². The molecule has 1 saturated heterocycles. The number of benzene rings is 2. The van der Waals surface area contributed by atoms with Gasteiger partial charge in [-0.25, -0.2) is 0 Å². The number of ether oxygens (including phenoxy) is 1. The Kier molecular flexibility index (Phi) is 8.09. The number of carbonyl (C=O) groups is 1. The first-order chi connectivity index (χ1) is 14.8. The summed E-state index contributed by atoms with van der Waals surface area (Å²) in [6.07, 6.45) is -2.25. The third-order valence-electron chi connectivity index (χ3n) is 5.78. The summed E-state index contributed by atoms with van der Waals surface area (Å²) >= 11 is 0. The molecule has 1 heterocycles. The first-order valence-corrected chi connectivity index (χ1v) is 10.6. The highest BCUT2D eigenvalue weighted by Crippen LogP contribution is 2.34. The van der Waals surface area contributed by atoms with E-state index in [0.717, 1.165) is 24.6 Å². The van der Waals surface area contributed by atoms with E-state index in [1.165, 1.54) is 12.1 Å². The quantitative estimate of drug-likeness (QED) is 0.561. The molecule has 1 fully saturated rings. The number of hydrogen-bond acceptors (Lipinski definition) is 3. The summed E-state index contributed by atoms with van der Waals surface area (Å²) in [5.41, 5.74) is 0.917. The Morgan fingerprint density at radius 1 is 1.10 bits per heavy atom. The van der Waals surface area contributed by atoms with E-state index >= 15 is 0 Å². The number of carboxylic acid groups (broad SMARTS) is 1. The number of aliphatic carboxylic acids is 1. The van der Waals surface area contributed by atoms with Gasteiger partial charge in [-0.05, 0) is 43.0 Å². The van der Waals surface area contributed by atoms with Gasteiger partial charge in [0.15, 0.2) is 0 Å². The molecule has 7 heteroatoms. The number of carboxylic acids is 1. The van der Waals surface area contributed by atoms with Gasteiger partial charge in [0.05, 0.1) is 18.1 Å². The van der Waals surface area contributed by atoms with E-state index < -0.39 is 17.7 Å². The molecule has 0 aromatic heterocycles. The van der Waals surface area contributed by atoms with Crippen LogP contribution in [0.25, 0.3) is 0 Å². The molecule has 2 atom stereocenters. The minimum atomic E-state index is -4.38. The van der Waals surface area contributed by atoms with Gasteiger partial charge < -0.3 is 14.7 Å². The summed E-state index contributed by atoms with van der Waals surface area (Å²) in [5.74, 6) is -1.27.